The molecule has 30 heavy (non-hydrogen) atoms. The van der Waals surface area contributed by atoms with Crippen LogP contribution in [0.2, 0.25) is 0 Å². The van der Waals surface area contributed by atoms with Crippen LogP contribution in [-0.2, 0) is 6.42 Å². The van der Waals surface area contributed by atoms with Crippen LogP contribution in [0, 0.1) is 5.41 Å². The number of benzene rings is 2. The minimum Gasteiger partial charge on any atom is -0.383 e. The van der Waals surface area contributed by atoms with Gasteiger partial charge in [0.2, 0.25) is 0 Å². The number of aryl methyl sites for hydroxylation is 1. The van der Waals surface area contributed by atoms with Gasteiger partial charge in [0, 0.05) is 16.5 Å². The van der Waals surface area contributed by atoms with E-state index in [4.69, 9.17) is 15.7 Å². The number of nitrogens with two attached hydrogens (primary N) is 1. The van der Waals surface area contributed by atoms with E-state index in [-0.39, 0.29) is 11.2 Å². The summed E-state index contributed by atoms with van der Waals surface area (Å²) >= 11 is 0. The van der Waals surface area contributed by atoms with Crippen LogP contribution in [0.15, 0.2) is 82.8 Å². The molecule has 150 valence electrons. The molecule has 0 fully saturated rings. The molecule has 1 aromatic heterocycles. The second kappa shape index (κ2) is 8.03. The monoisotopic (exact) mass is 396 g/mol. The molecule has 0 amide bonds. The molecule has 0 radical (unpaired) electrons. The van der Waals surface area contributed by atoms with E-state index < -0.39 is 0 Å². The number of hydrogen-bond acceptors (Lipinski definition) is 3. The van der Waals surface area contributed by atoms with Crippen LogP contribution >= 0.6 is 0 Å². The Morgan fingerprint density at radius 3 is 2.33 bits per heavy atom. The van der Waals surface area contributed by atoms with Crippen molar-refractivity contribution in [2.24, 2.45) is 21.1 Å². The van der Waals surface area contributed by atoms with Crippen molar-refractivity contribution in [1.82, 2.24) is 4.98 Å². The first-order chi connectivity index (χ1) is 14.4. The number of carbonyl (C=O) groups excluding carboxylic acids is 1. The van der Waals surface area contributed by atoms with Gasteiger partial charge in [0.1, 0.15) is 11.5 Å². The summed E-state index contributed by atoms with van der Waals surface area (Å²) in [6.45, 7) is 3.97. The first-order valence-electron chi connectivity index (χ1n) is 10.0. The van der Waals surface area contributed by atoms with Crippen molar-refractivity contribution in [2.75, 3.05) is 0 Å². The number of para-hydroxylation sites is 1. The maximum absolute atomic E-state index is 12.8. The lowest BCUT2D eigenvalue weighted by atomic mass is 9.75. The van der Waals surface area contributed by atoms with E-state index in [9.17, 15) is 4.79 Å². The molecule has 2 N–H and O–H groups in total. The van der Waals surface area contributed by atoms with Crippen molar-refractivity contribution < 1.29 is 4.79 Å². The van der Waals surface area contributed by atoms with Gasteiger partial charge in [-0.3, -0.25) is 4.79 Å². The molecule has 2 aromatic carbocycles. The van der Waals surface area contributed by atoms with E-state index in [0.717, 1.165) is 29.8 Å². The number of pyridine rings is 1. The zero-order valence-electron chi connectivity index (χ0n) is 17.2. The zero-order chi connectivity index (χ0) is 21.1. The second-order valence-corrected chi connectivity index (χ2v) is 8.04. The van der Waals surface area contributed by atoms with Gasteiger partial charge < -0.3 is 5.73 Å². The molecule has 0 saturated carbocycles. The number of rotatable bonds is 3. The van der Waals surface area contributed by atoms with Gasteiger partial charge >= 0.3 is 0 Å². The summed E-state index contributed by atoms with van der Waals surface area (Å²) < 4.78 is 0. The number of fused-ring (bicyclic) bond motifs is 1. The minimum absolute atomic E-state index is 0.136. The van der Waals surface area contributed by atoms with Crippen LogP contribution in [-0.4, -0.2) is 22.4 Å². The minimum atomic E-state index is -0.354. The Bertz CT molecular complexity index is 1130. The summed E-state index contributed by atoms with van der Waals surface area (Å²) in [6, 6.07) is 22.8. The molecule has 0 saturated heterocycles. The summed E-state index contributed by atoms with van der Waals surface area (Å²) in [5.41, 5.74) is 9.57. The molecule has 0 atom stereocenters. The molecule has 1 aliphatic rings. The maximum atomic E-state index is 12.8. The Balaban J connectivity index is 1.79. The number of nitrogens with zero attached hydrogens (tertiary/aromatic N) is 3. The van der Waals surface area contributed by atoms with Crippen LogP contribution in [0.25, 0.3) is 0 Å². The Kier molecular flexibility index (Phi) is 5.27. The largest absolute Gasteiger partial charge is 0.383 e. The third-order valence-corrected chi connectivity index (χ3v) is 5.34. The van der Waals surface area contributed by atoms with Crippen LogP contribution in [0.1, 0.15) is 47.6 Å². The van der Waals surface area contributed by atoms with Crippen LogP contribution in [0.5, 0.6) is 0 Å². The molecule has 0 spiro atoms. The summed E-state index contributed by atoms with van der Waals surface area (Å²) in [5, 5.41) is 0. The topological polar surface area (TPSA) is 80.7 Å². The third kappa shape index (κ3) is 4.06. The first kappa shape index (κ1) is 19.7. The predicted molar refractivity (Wildman–Crippen MR) is 120 cm³/mol. The zero-order valence-corrected chi connectivity index (χ0v) is 17.2. The molecular formula is C25H24N4O. The van der Waals surface area contributed by atoms with Gasteiger partial charge in [-0.1, -0.05) is 62.4 Å². The molecule has 0 aliphatic heterocycles. The Labute approximate surface area is 176 Å². The number of hydrogen-bond donors (Lipinski definition) is 1. The number of Topliss-reactive ketones (excluding diaryl/α,β-unsaturated/α-hetero) is 1. The highest BCUT2D eigenvalue weighted by Gasteiger charge is 2.35. The van der Waals surface area contributed by atoms with Crippen molar-refractivity contribution in [3.63, 3.8) is 0 Å². The van der Waals surface area contributed by atoms with E-state index in [1.807, 2.05) is 86.6 Å². The fourth-order valence-electron chi connectivity index (χ4n) is 3.48. The Morgan fingerprint density at radius 2 is 1.63 bits per heavy atom. The molecule has 5 heteroatoms. The van der Waals surface area contributed by atoms with Gasteiger partial charge in [0.25, 0.3) is 0 Å². The Hall–Kier alpha value is -3.60. The molecule has 1 heterocycles. The van der Waals surface area contributed by atoms with Crippen LogP contribution in [0.4, 0.5) is 5.69 Å². The summed E-state index contributed by atoms with van der Waals surface area (Å²) in [5.74, 6) is 0.918. The lowest BCUT2D eigenvalue weighted by Gasteiger charge is -2.29. The molecule has 4 rings (SSSR count). The van der Waals surface area contributed by atoms with E-state index in [0.29, 0.717) is 22.9 Å². The lowest BCUT2D eigenvalue weighted by Crippen LogP contribution is -2.31. The molecule has 0 unspecified atom stereocenters. The van der Waals surface area contributed by atoms with Crippen LogP contribution < -0.4 is 5.73 Å². The number of amidine groups is 2. The Morgan fingerprint density at radius 1 is 0.967 bits per heavy atom. The van der Waals surface area contributed by atoms with Crippen molar-refractivity contribution in [1.29, 1.82) is 0 Å². The SMILES string of the molecule is CC1(C)CCc2nc(C(N=C(N)c3ccccc3)=Nc3ccccc3)ccc2C1=O. The van der Waals surface area contributed by atoms with Crippen molar-refractivity contribution in [3.8, 4) is 0 Å². The summed E-state index contributed by atoms with van der Waals surface area (Å²) in [7, 11) is 0. The standard InChI is InChI=1S/C25H24N4O/c1-25(2)16-15-20-19(22(25)30)13-14-21(28-20)24(27-18-11-7-4-8-12-18)29-23(26)17-9-5-3-6-10-17/h3-14H,15-16H2,1-2H3,(H2,26,27,29). The van der Waals surface area contributed by atoms with Gasteiger partial charge in [-0.05, 0) is 37.1 Å². The van der Waals surface area contributed by atoms with Crippen molar-refractivity contribution >= 4 is 23.1 Å². The highest BCUT2D eigenvalue weighted by Crippen LogP contribution is 2.34. The molecule has 5 nitrogen and oxygen atoms in total. The average molecular weight is 396 g/mol. The number of aliphatic imine (C=N–C) groups is 2. The fourth-order valence-corrected chi connectivity index (χ4v) is 3.48. The number of carbonyl (C=O) groups is 1. The maximum Gasteiger partial charge on any atom is 0.180 e. The highest BCUT2D eigenvalue weighted by molar-refractivity contribution is 6.11. The summed E-state index contributed by atoms with van der Waals surface area (Å²) in [6.07, 6.45) is 1.52. The molecular weight excluding hydrogens is 372 g/mol. The number of ketones is 1. The fraction of sp³-hybridized carbons (Fsp3) is 0.200. The first-order valence-corrected chi connectivity index (χ1v) is 10.0. The third-order valence-electron chi connectivity index (χ3n) is 5.34. The van der Waals surface area contributed by atoms with Gasteiger partial charge in [-0.15, -0.1) is 0 Å². The quantitative estimate of drug-likeness (QED) is 0.514. The van der Waals surface area contributed by atoms with Crippen LogP contribution in [0.3, 0.4) is 0 Å². The van der Waals surface area contributed by atoms with E-state index in [1.54, 1.807) is 0 Å². The van der Waals surface area contributed by atoms with Gasteiger partial charge in [-0.25, -0.2) is 15.0 Å². The summed E-state index contributed by atoms with van der Waals surface area (Å²) in [4.78, 5) is 26.8. The van der Waals surface area contributed by atoms with E-state index >= 15 is 0 Å². The van der Waals surface area contributed by atoms with Gasteiger partial charge in [0.05, 0.1) is 11.4 Å². The second-order valence-electron chi connectivity index (χ2n) is 8.04. The number of aromatic nitrogens is 1. The molecule has 3 aromatic rings. The van der Waals surface area contributed by atoms with Crippen molar-refractivity contribution in [2.45, 2.75) is 26.7 Å². The smallest absolute Gasteiger partial charge is 0.180 e. The van der Waals surface area contributed by atoms with E-state index in [1.165, 1.54) is 0 Å². The normalized spacial score (nSPS) is 16.3. The highest BCUT2D eigenvalue weighted by atomic mass is 16.1. The van der Waals surface area contributed by atoms with E-state index in [2.05, 4.69) is 4.99 Å². The lowest BCUT2D eigenvalue weighted by molar-refractivity contribution is 0.0809. The predicted octanol–water partition coefficient (Wildman–Crippen LogP) is 4.72. The van der Waals surface area contributed by atoms with Crippen molar-refractivity contribution in [3.05, 3.63) is 95.3 Å². The molecule has 0 bridgehead atoms. The van der Waals surface area contributed by atoms with Gasteiger partial charge in [0.15, 0.2) is 11.6 Å². The molecule has 1 aliphatic carbocycles. The van der Waals surface area contributed by atoms with Gasteiger partial charge in [-0.2, -0.15) is 0 Å². The average Bonchev–Trinajstić information content (AvgIpc) is 2.77.